The molecule has 0 radical (unpaired) electrons. The number of rotatable bonds is 2. The minimum absolute atomic E-state index is 0.423. The molecule has 0 bridgehead atoms. The predicted molar refractivity (Wildman–Crippen MR) is 46.9 cm³/mol. The Morgan fingerprint density at radius 2 is 2.25 bits per heavy atom. The average molecular weight is 194 g/mol. The van der Waals surface area contributed by atoms with E-state index >= 15 is 0 Å². The van der Waals surface area contributed by atoms with Gasteiger partial charge in [0.15, 0.2) is 5.84 Å². The van der Waals surface area contributed by atoms with Crippen LogP contribution in [0, 0.1) is 11.3 Å². The van der Waals surface area contributed by atoms with Crippen LogP contribution in [0.15, 0.2) is 0 Å². The van der Waals surface area contributed by atoms with E-state index in [9.17, 15) is 8.78 Å². The van der Waals surface area contributed by atoms with Gasteiger partial charge in [-0.25, -0.2) is 0 Å². The first kappa shape index (κ1) is 9.77. The first-order chi connectivity index (χ1) is 5.55. The van der Waals surface area contributed by atoms with Crippen molar-refractivity contribution >= 4 is 17.6 Å². The molecule has 1 fully saturated rings. The normalized spacial score (nSPS) is 25.3. The van der Waals surface area contributed by atoms with E-state index in [0.29, 0.717) is 12.2 Å². The zero-order chi connectivity index (χ0) is 9.19. The van der Waals surface area contributed by atoms with Crippen molar-refractivity contribution in [1.29, 1.82) is 5.41 Å². The Morgan fingerprint density at radius 3 is 2.67 bits per heavy atom. The summed E-state index contributed by atoms with van der Waals surface area (Å²) in [6.45, 7) is 0. The van der Waals surface area contributed by atoms with Crippen LogP contribution in [0.2, 0.25) is 0 Å². The second-order valence-electron chi connectivity index (χ2n) is 2.95. The molecule has 0 aromatic heterocycles. The van der Waals surface area contributed by atoms with E-state index in [0.717, 1.165) is 12.2 Å². The number of halogens is 2. The molecule has 70 valence electrons. The monoisotopic (exact) mass is 194 g/mol. The third-order valence-electron chi connectivity index (χ3n) is 2.03. The number of amidine groups is 1. The van der Waals surface area contributed by atoms with E-state index in [2.05, 4.69) is 0 Å². The molecule has 1 aliphatic heterocycles. The van der Waals surface area contributed by atoms with E-state index in [1.807, 2.05) is 0 Å². The van der Waals surface area contributed by atoms with E-state index in [-0.39, 0.29) is 0 Å². The maximum Gasteiger partial charge on any atom is 0.307 e. The van der Waals surface area contributed by atoms with Crippen molar-refractivity contribution in [3.05, 3.63) is 0 Å². The minimum atomic E-state index is -3.09. The standard InChI is InChI=1S/C7H12F2N2S/c8-7(9,6(10)11)5-2-1-3-12-4-5/h5H,1-4H2,(H3,10,11). The van der Waals surface area contributed by atoms with Gasteiger partial charge in [0.05, 0.1) is 0 Å². The van der Waals surface area contributed by atoms with Gasteiger partial charge < -0.3 is 5.73 Å². The molecule has 2 nitrogen and oxygen atoms in total. The van der Waals surface area contributed by atoms with Gasteiger partial charge >= 0.3 is 5.92 Å². The van der Waals surface area contributed by atoms with Crippen LogP contribution in [0.25, 0.3) is 0 Å². The van der Waals surface area contributed by atoms with Crippen LogP contribution in [-0.4, -0.2) is 23.3 Å². The highest BCUT2D eigenvalue weighted by atomic mass is 32.2. The summed E-state index contributed by atoms with van der Waals surface area (Å²) in [4.78, 5) is 0. The van der Waals surface area contributed by atoms with Crippen molar-refractivity contribution in [2.45, 2.75) is 18.8 Å². The van der Waals surface area contributed by atoms with Crippen molar-refractivity contribution < 1.29 is 8.78 Å². The molecule has 12 heavy (non-hydrogen) atoms. The van der Waals surface area contributed by atoms with Crippen LogP contribution >= 0.6 is 11.8 Å². The second kappa shape index (κ2) is 3.60. The first-order valence-electron chi connectivity index (χ1n) is 3.85. The number of nitrogens with two attached hydrogens (primary N) is 1. The highest BCUT2D eigenvalue weighted by molar-refractivity contribution is 7.99. The van der Waals surface area contributed by atoms with Crippen molar-refractivity contribution in [2.75, 3.05) is 11.5 Å². The van der Waals surface area contributed by atoms with Crippen LogP contribution in [0.4, 0.5) is 8.78 Å². The maximum atomic E-state index is 13.1. The molecule has 1 atom stereocenters. The highest BCUT2D eigenvalue weighted by Gasteiger charge is 2.43. The summed E-state index contributed by atoms with van der Waals surface area (Å²) in [5.41, 5.74) is 4.83. The average Bonchev–Trinajstić information content (AvgIpc) is 2.06. The Morgan fingerprint density at radius 1 is 1.58 bits per heavy atom. The Hall–Kier alpha value is -0.320. The van der Waals surface area contributed by atoms with E-state index < -0.39 is 17.7 Å². The van der Waals surface area contributed by atoms with Gasteiger partial charge in [-0.2, -0.15) is 20.5 Å². The smallest absolute Gasteiger partial charge is 0.307 e. The lowest BCUT2D eigenvalue weighted by Crippen LogP contribution is -2.43. The summed E-state index contributed by atoms with van der Waals surface area (Å²) < 4.78 is 26.1. The molecule has 1 aliphatic rings. The SMILES string of the molecule is N=C(N)C(F)(F)C1CCCSC1. The van der Waals surface area contributed by atoms with Crippen LogP contribution < -0.4 is 5.73 Å². The zero-order valence-electron chi connectivity index (χ0n) is 6.65. The fourth-order valence-electron chi connectivity index (χ4n) is 1.25. The van der Waals surface area contributed by atoms with Crippen LogP contribution in [-0.2, 0) is 0 Å². The second-order valence-corrected chi connectivity index (χ2v) is 4.10. The summed E-state index contributed by atoms with van der Waals surface area (Å²) in [7, 11) is 0. The molecule has 5 heteroatoms. The molecule has 0 aromatic carbocycles. The quantitative estimate of drug-likeness (QED) is 0.519. The zero-order valence-corrected chi connectivity index (χ0v) is 7.46. The summed E-state index contributed by atoms with van der Waals surface area (Å²) in [5.74, 6) is -3.44. The molecule has 0 spiro atoms. The molecule has 1 saturated heterocycles. The Kier molecular flexibility index (Phi) is 2.93. The molecule has 0 saturated carbocycles. The van der Waals surface area contributed by atoms with Crippen molar-refractivity contribution in [3.63, 3.8) is 0 Å². The highest BCUT2D eigenvalue weighted by Crippen LogP contribution is 2.34. The molecular weight excluding hydrogens is 182 g/mol. The van der Waals surface area contributed by atoms with Gasteiger partial charge in [-0.15, -0.1) is 0 Å². The number of hydrogen-bond donors (Lipinski definition) is 2. The largest absolute Gasteiger partial charge is 0.383 e. The molecular formula is C7H12F2N2S. The number of hydrogen-bond acceptors (Lipinski definition) is 2. The van der Waals surface area contributed by atoms with E-state index in [1.54, 1.807) is 0 Å². The van der Waals surface area contributed by atoms with Gasteiger partial charge in [0.1, 0.15) is 0 Å². The van der Waals surface area contributed by atoms with Crippen molar-refractivity contribution in [2.24, 2.45) is 11.7 Å². The molecule has 0 aromatic rings. The van der Waals surface area contributed by atoms with E-state index in [4.69, 9.17) is 11.1 Å². The summed E-state index contributed by atoms with van der Waals surface area (Å²) >= 11 is 1.52. The maximum absolute atomic E-state index is 13.1. The van der Waals surface area contributed by atoms with Crippen LogP contribution in [0.1, 0.15) is 12.8 Å². The summed E-state index contributed by atoms with van der Waals surface area (Å²) in [6, 6.07) is 0. The fraction of sp³-hybridized carbons (Fsp3) is 0.857. The van der Waals surface area contributed by atoms with Crippen molar-refractivity contribution in [1.82, 2.24) is 0 Å². The fourth-order valence-corrected chi connectivity index (χ4v) is 2.44. The minimum Gasteiger partial charge on any atom is -0.383 e. The lowest BCUT2D eigenvalue weighted by molar-refractivity contribution is 0.0152. The Balaban J connectivity index is 2.59. The molecule has 1 unspecified atom stereocenters. The molecule has 0 aliphatic carbocycles. The molecule has 1 rings (SSSR count). The van der Waals surface area contributed by atoms with Gasteiger partial charge in [0.2, 0.25) is 0 Å². The first-order valence-corrected chi connectivity index (χ1v) is 5.00. The van der Waals surface area contributed by atoms with Crippen molar-refractivity contribution in [3.8, 4) is 0 Å². The van der Waals surface area contributed by atoms with Gasteiger partial charge in [0, 0.05) is 11.7 Å². The lowest BCUT2D eigenvalue weighted by atomic mass is 9.97. The van der Waals surface area contributed by atoms with Gasteiger partial charge in [0.25, 0.3) is 0 Å². The Bertz CT molecular complexity index is 178. The third kappa shape index (κ3) is 1.88. The lowest BCUT2D eigenvalue weighted by Gasteiger charge is -2.28. The summed E-state index contributed by atoms with van der Waals surface area (Å²) in [6.07, 6.45) is 1.29. The topological polar surface area (TPSA) is 49.9 Å². The van der Waals surface area contributed by atoms with Gasteiger partial charge in [-0.1, -0.05) is 0 Å². The molecule has 3 N–H and O–H groups in total. The molecule has 1 heterocycles. The number of nitrogens with one attached hydrogen (secondary N) is 1. The van der Waals surface area contributed by atoms with Crippen LogP contribution in [0.3, 0.4) is 0 Å². The Labute approximate surface area is 74.4 Å². The number of thioether (sulfide) groups is 1. The van der Waals surface area contributed by atoms with Crippen LogP contribution in [0.5, 0.6) is 0 Å². The molecule has 0 amide bonds. The van der Waals surface area contributed by atoms with E-state index in [1.165, 1.54) is 11.8 Å². The number of alkyl halides is 2. The summed E-state index contributed by atoms with van der Waals surface area (Å²) in [5, 5.41) is 6.75. The predicted octanol–water partition coefficient (Wildman–Crippen LogP) is 1.70. The van der Waals surface area contributed by atoms with Gasteiger partial charge in [-0.05, 0) is 18.6 Å². The third-order valence-corrected chi connectivity index (χ3v) is 3.25. The van der Waals surface area contributed by atoms with Gasteiger partial charge in [-0.3, -0.25) is 5.41 Å².